The van der Waals surface area contributed by atoms with Gasteiger partial charge in [0.25, 0.3) is 0 Å². The Morgan fingerprint density at radius 2 is 2.27 bits per heavy atom. The fourth-order valence-corrected chi connectivity index (χ4v) is 1.62. The summed E-state index contributed by atoms with van der Waals surface area (Å²) in [6.07, 6.45) is -0.444. The third kappa shape index (κ3) is 3.58. The van der Waals surface area contributed by atoms with E-state index in [0.29, 0.717) is 6.61 Å². The number of benzene rings is 1. The minimum Gasteiger partial charge on any atom is -0.497 e. The van der Waals surface area contributed by atoms with Crippen LogP contribution in [0.5, 0.6) is 5.75 Å². The van der Waals surface area contributed by atoms with Crippen molar-refractivity contribution in [3.63, 3.8) is 0 Å². The first kappa shape index (κ1) is 12.1. The van der Waals surface area contributed by atoms with Gasteiger partial charge in [0.05, 0.1) is 19.4 Å². The summed E-state index contributed by atoms with van der Waals surface area (Å²) in [5, 5.41) is 2.64. The molecule has 0 bridgehead atoms. The highest BCUT2D eigenvalue weighted by atomic mass is 127. The average Bonchev–Trinajstić information content (AvgIpc) is 2.21. The molecule has 5 heteroatoms. The second-order valence-electron chi connectivity index (χ2n) is 2.69. The van der Waals surface area contributed by atoms with Crippen molar-refractivity contribution >= 4 is 34.4 Å². The molecule has 0 saturated heterocycles. The van der Waals surface area contributed by atoms with Crippen LogP contribution in [-0.4, -0.2) is 19.8 Å². The van der Waals surface area contributed by atoms with Crippen LogP contribution in [0.3, 0.4) is 0 Å². The van der Waals surface area contributed by atoms with E-state index in [1.807, 2.05) is 6.07 Å². The lowest BCUT2D eigenvalue weighted by molar-refractivity contribution is 0.168. The van der Waals surface area contributed by atoms with E-state index in [2.05, 4.69) is 27.9 Å². The number of ether oxygens (including phenoxy) is 2. The van der Waals surface area contributed by atoms with Crippen LogP contribution in [0.15, 0.2) is 18.2 Å². The maximum atomic E-state index is 11.2. The minimum atomic E-state index is -0.444. The highest BCUT2D eigenvalue weighted by molar-refractivity contribution is 14.1. The largest absolute Gasteiger partial charge is 0.497 e. The Labute approximate surface area is 102 Å². The van der Waals surface area contributed by atoms with Crippen molar-refractivity contribution in [2.45, 2.75) is 6.92 Å². The zero-order valence-corrected chi connectivity index (χ0v) is 10.7. The fraction of sp³-hybridized carbons (Fsp3) is 0.300. The van der Waals surface area contributed by atoms with Gasteiger partial charge in [0.1, 0.15) is 5.75 Å². The van der Waals surface area contributed by atoms with Gasteiger partial charge >= 0.3 is 6.09 Å². The summed E-state index contributed by atoms with van der Waals surface area (Å²) in [5.74, 6) is 0.758. The molecule has 0 heterocycles. The number of halogens is 1. The van der Waals surface area contributed by atoms with Gasteiger partial charge in [-0.2, -0.15) is 0 Å². The van der Waals surface area contributed by atoms with Crippen LogP contribution in [-0.2, 0) is 4.74 Å². The van der Waals surface area contributed by atoms with E-state index >= 15 is 0 Å². The molecular formula is C10H12INO3. The van der Waals surface area contributed by atoms with Gasteiger partial charge < -0.3 is 9.47 Å². The van der Waals surface area contributed by atoms with Crippen LogP contribution in [0.25, 0.3) is 0 Å². The van der Waals surface area contributed by atoms with Crippen molar-refractivity contribution < 1.29 is 14.3 Å². The van der Waals surface area contributed by atoms with Crippen LogP contribution in [0.1, 0.15) is 6.92 Å². The molecule has 1 rings (SSSR count). The molecule has 0 saturated carbocycles. The summed E-state index contributed by atoms with van der Waals surface area (Å²) in [6.45, 7) is 2.12. The van der Waals surface area contributed by atoms with Crippen LogP contribution in [0.2, 0.25) is 0 Å². The summed E-state index contributed by atoms with van der Waals surface area (Å²) in [4.78, 5) is 11.2. The van der Waals surface area contributed by atoms with Gasteiger partial charge in [-0.05, 0) is 47.7 Å². The Bertz CT molecular complexity index is 355. The molecule has 0 aliphatic carbocycles. The Kier molecular flexibility index (Phi) is 4.67. The smallest absolute Gasteiger partial charge is 0.411 e. The number of carbonyl (C=O) groups is 1. The number of rotatable bonds is 3. The number of hydrogen-bond donors (Lipinski definition) is 1. The summed E-state index contributed by atoms with van der Waals surface area (Å²) in [7, 11) is 1.60. The van der Waals surface area contributed by atoms with Crippen molar-refractivity contribution in [1.82, 2.24) is 0 Å². The van der Waals surface area contributed by atoms with E-state index in [0.717, 1.165) is 15.0 Å². The molecule has 0 aromatic heterocycles. The highest BCUT2D eigenvalue weighted by Gasteiger charge is 2.06. The topological polar surface area (TPSA) is 47.6 Å². The average molecular weight is 321 g/mol. The number of nitrogens with one attached hydrogen (secondary N) is 1. The van der Waals surface area contributed by atoms with Gasteiger partial charge in [0, 0.05) is 3.57 Å². The number of anilines is 1. The van der Waals surface area contributed by atoms with Crippen molar-refractivity contribution in [2.24, 2.45) is 0 Å². The van der Waals surface area contributed by atoms with Gasteiger partial charge in [-0.15, -0.1) is 0 Å². The third-order valence-corrected chi connectivity index (χ3v) is 2.58. The van der Waals surface area contributed by atoms with E-state index in [1.54, 1.807) is 26.2 Å². The second-order valence-corrected chi connectivity index (χ2v) is 3.85. The number of hydrogen-bond acceptors (Lipinski definition) is 3. The van der Waals surface area contributed by atoms with Crippen LogP contribution in [0.4, 0.5) is 10.5 Å². The standard InChI is InChI=1S/C10H12INO3/c1-3-15-10(13)12-9-5-4-7(14-2)6-8(9)11/h4-6H,3H2,1-2H3,(H,12,13). The van der Waals surface area contributed by atoms with Gasteiger partial charge in [0.15, 0.2) is 0 Å². The molecule has 1 aromatic carbocycles. The quantitative estimate of drug-likeness (QED) is 0.871. The van der Waals surface area contributed by atoms with Crippen molar-refractivity contribution in [3.8, 4) is 5.75 Å². The van der Waals surface area contributed by atoms with E-state index in [9.17, 15) is 4.79 Å². The van der Waals surface area contributed by atoms with E-state index < -0.39 is 6.09 Å². The van der Waals surface area contributed by atoms with E-state index in [1.165, 1.54) is 0 Å². The molecule has 1 aromatic rings. The number of amides is 1. The SMILES string of the molecule is CCOC(=O)Nc1ccc(OC)cc1I. The Morgan fingerprint density at radius 1 is 1.53 bits per heavy atom. The Morgan fingerprint density at radius 3 is 2.80 bits per heavy atom. The van der Waals surface area contributed by atoms with Crippen LogP contribution < -0.4 is 10.1 Å². The van der Waals surface area contributed by atoms with Crippen LogP contribution in [0, 0.1) is 3.57 Å². The molecule has 0 atom stereocenters. The van der Waals surface area contributed by atoms with E-state index in [4.69, 9.17) is 9.47 Å². The lowest BCUT2D eigenvalue weighted by Crippen LogP contribution is -2.14. The fourth-order valence-electron chi connectivity index (χ4n) is 1.00. The Balaban J connectivity index is 2.73. The predicted molar refractivity (Wildman–Crippen MR) is 66.4 cm³/mol. The molecule has 0 fully saturated rings. The molecule has 82 valence electrons. The van der Waals surface area contributed by atoms with Gasteiger partial charge in [-0.25, -0.2) is 4.79 Å². The predicted octanol–water partition coefficient (Wildman–Crippen LogP) is 2.87. The lowest BCUT2D eigenvalue weighted by Gasteiger charge is -2.08. The first-order chi connectivity index (χ1) is 7.17. The molecule has 1 amide bonds. The molecule has 0 unspecified atom stereocenters. The zero-order valence-electron chi connectivity index (χ0n) is 8.54. The first-order valence-electron chi connectivity index (χ1n) is 4.44. The molecule has 0 aliphatic heterocycles. The third-order valence-electron chi connectivity index (χ3n) is 1.69. The minimum absolute atomic E-state index is 0.360. The summed E-state index contributed by atoms with van der Waals surface area (Å²) in [6, 6.07) is 5.39. The molecule has 0 aliphatic rings. The summed E-state index contributed by atoms with van der Waals surface area (Å²) >= 11 is 2.12. The molecule has 1 N–H and O–H groups in total. The maximum absolute atomic E-state index is 11.2. The lowest BCUT2D eigenvalue weighted by atomic mass is 10.3. The van der Waals surface area contributed by atoms with Crippen molar-refractivity contribution in [1.29, 1.82) is 0 Å². The van der Waals surface area contributed by atoms with Crippen molar-refractivity contribution in [3.05, 3.63) is 21.8 Å². The Hall–Kier alpha value is -0.980. The van der Waals surface area contributed by atoms with Crippen molar-refractivity contribution in [2.75, 3.05) is 19.0 Å². The molecular weight excluding hydrogens is 309 g/mol. The molecule has 0 radical (unpaired) electrons. The molecule has 0 spiro atoms. The first-order valence-corrected chi connectivity index (χ1v) is 5.52. The molecule has 4 nitrogen and oxygen atoms in total. The zero-order chi connectivity index (χ0) is 11.3. The highest BCUT2D eigenvalue weighted by Crippen LogP contribution is 2.23. The van der Waals surface area contributed by atoms with Gasteiger partial charge in [-0.3, -0.25) is 5.32 Å². The second kappa shape index (κ2) is 5.79. The monoisotopic (exact) mass is 321 g/mol. The number of methoxy groups -OCH3 is 1. The van der Waals surface area contributed by atoms with E-state index in [-0.39, 0.29) is 0 Å². The number of carbonyl (C=O) groups excluding carboxylic acids is 1. The molecule has 15 heavy (non-hydrogen) atoms. The summed E-state index contributed by atoms with van der Waals surface area (Å²) in [5.41, 5.74) is 0.717. The van der Waals surface area contributed by atoms with Gasteiger partial charge in [-0.1, -0.05) is 0 Å². The van der Waals surface area contributed by atoms with Crippen LogP contribution >= 0.6 is 22.6 Å². The maximum Gasteiger partial charge on any atom is 0.411 e. The van der Waals surface area contributed by atoms with Gasteiger partial charge in [0.2, 0.25) is 0 Å². The summed E-state index contributed by atoms with van der Waals surface area (Å²) < 4.78 is 10.7. The normalized spacial score (nSPS) is 9.53.